The molecule has 6 nitrogen and oxygen atoms in total. The maximum absolute atomic E-state index is 10.9. The van der Waals surface area contributed by atoms with E-state index >= 15 is 0 Å². The minimum Gasteiger partial charge on any atom is -0.494 e. The summed E-state index contributed by atoms with van der Waals surface area (Å²) in [6.07, 6.45) is 3.82. The maximum Gasteiger partial charge on any atom is 0.275 e. The summed E-state index contributed by atoms with van der Waals surface area (Å²) in [6.45, 7) is 3.29. The van der Waals surface area contributed by atoms with Crippen LogP contribution in [0.5, 0.6) is 5.75 Å². The van der Waals surface area contributed by atoms with Crippen molar-refractivity contribution in [3.8, 4) is 5.75 Å². The van der Waals surface area contributed by atoms with Gasteiger partial charge < -0.3 is 15.2 Å². The molecule has 112 valence electrons. The van der Waals surface area contributed by atoms with Crippen LogP contribution in [0.2, 0.25) is 0 Å². The number of benzene rings is 1. The second-order valence-corrected chi connectivity index (χ2v) is 4.47. The number of nitro groups is 1. The molecule has 1 aromatic carbocycles. The third-order valence-corrected chi connectivity index (χ3v) is 2.83. The summed E-state index contributed by atoms with van der Waals surface area (Å²) < 4.78 is 5.32. The Morgan fingerprint density at radius 2 is 2.00 bits per heavy atom. The van der Waals surface area contributed by atoms with Crippen LogP contribution < -0.4 is 10.1 Å². The summed E-state index contributed by atoms with van der Waals surface area (Å²) >= 11 is 0. The van der Waals surface area contributed by atoms with E-state index in [-0.39, 0.29) is 12.3 Å². The zero-order valence-corrected chi connectivity index (χ0v) is 11.8. The van der Waals surface area contributed by atoms with E-state index in [9.17, 15) is 10.1 Å². The number of nitro benzene ring substituents is 1. The van der Waals surface area contributed by atoms with Crippen LogP contribution >= 0.6 is 0 Å². The van der Waals surface area contributed by atoms with E-state index in [4.69, 9.17) is 9.84 Å². The fourth-order valence-electron chi connectivity index (χ4n) is 1.86. The average Bonchev–Trinajstić information content (AvgIpc) is 2.43. The molecular weight excluding hydrogens is 260 g/mol. The van der Waals surface area contributed by atoms with Crippen LogP contribution in [-0.2, 0) is 0 Å². The van der Waals surface area contributed by atoms with Gasteiger partial charge in [-0.15, -0.1) is 0 Å². The van der Waals surface area contributed by atoms with E-state index < -0.39 is 4.92 Å². The van der Waals surface area contributed by atoms with Crippen molar-refractivity contribution in [3.63, 3.8) is 0 Å². The van der Waals surface area contributed by atoms with E-state index in [1.165, 1.54) is 12.1 Å². The van der Waals surface area contributed by atoms with Gasteiger partial charge in [-0.25, -0.2) is 0 Å². The average molecular weight is 282 g/mol. The number of nitrogens with zero attached hydrogens (tertiary/aromatic N) is 1. The Labute approximate surface area is 118 Å². The molecule has 0 aromatic heterocycles. The fourth-order valence-corrected chi connectivity index (χ4v) is 1.86. The van der Waals surface area contributed by atoms with Crippen molar-refractivity contribution >= 4 is 11.4 Å². The molecule has 0 radical (unpaired) electrons. The third-order valence-electron chi connectivity index (χ3n) is 2.83. The van der Waals surface area contributed by atoms with Crippen molar-refractivity contribution in [1.29, 1.82) is 0 Å². The highest BCUT2D eigenvalue weighted by Crippen LogP contribution is 2.26. The standard InChI is InChI=1S/C14H22N2O4/c1-2-20-14-10-12(9-13(11-14)16(18)19)15-7-5-3-4-6-8-17/h9-11,15,17H,2-8H2,1H3. The minimum atomic E-state index is -0.422. The molecular formula is C14H22N2O4. The van der Waals surface area contributed by atoms with Gasteiger partial charge >= 0.3 is 0 Å². The van der Waals surface area contributed by atoms with Gasteiger partial charge in [0.25, 0.3) is 5.69 Å². The molecule has 0 atom stereocenters. The first-order chi connectivity index (χ1) is 9.67. The topological polar surface area (TPSA) is 84.6 Å². The Bertz CT molecular complexity index is 424. The van der Waals surface area contributed by atoms with Gasteiger partial charge in [-0.05, 0) is 19.8 Å². The van der Waals surface area contributed by atoms with Crippen molar-refractivity contribution < 1.29 is 14.8 Å². The Kier molecular flexibility index (Phi) is 7.42. The van der Waals surface area contributed by atoms with Gasteiger partial charge in [0.15, 0.2) is 0 Å². The summed E-state index contributed by atoms with van der Waals surface area (Å²) in [5.41, 5.74) is 0.725. The molecule has 20 heavy (non-hydrogen) atoms. The van der Waals surface area contributed by atoms with Gasteiger partial charge in [-0.3, -0.25) is 10.1 Å². The molecule has 0 aliphatic rings. The number of hydrogen-bond donors (Lipinski definition) is 2. The molecule has 0 saturated heterocycles. The first-order valence-corrected chi connectivity index (χ1v) is 6.94. The molecule has 1 rings (SSSR count). The van der Waals surface area contributed by atoms with E-state index in [2.05, 4.69) is 5.32 Å². The predicted molar refractivity (Wildman–Crippen MR) is 78.3 cm³/mol. The van der Waals surface area contributed by atoms with Gasteiger partial charge in [-0.1, -0.05) is 12.8 Å². The Morgan fingerprint density at radius 3 is 2.65 bits per heavy atom. The fraction of sp³-hybridized carbons (Fsp3) is 0.571. The number of unbranched alkanes of at least 4 members (excludes halogenated alkanes) is 3. The first kappa shape index (κ1) is 16.2. The highest BCUT2D eigenvalue weighted by molar-refractivity contribution is 5.56. The zero-order valence-electron chi connectivity index (χ0n) is 11.8. The number of non-ortho nitro benzene ring substituents is 1. The van der Waals surface area contributed by atoms with Gasteiger partial charge in [0, 0.05) is 31.0 Å². The van der Waals surface area contributed by atoms with Crippen LogP contribution in [0.15, 0.2) is 18.2 Å². The molecule has 0 unspecified atom stereocenters. The number of ether oxygens (including phenoxy) is 1. The van der Waals surface area contributed by atoms with Gasteiger partial charge in [0.05, 0.1) is 17.6 Å². The normalized spacial score (nSPS) is 10.3. The summed E-state index contributed by atoms with van der Waals surface area (Å²) in [5, 5.41) is 22.7. The van der Waals surface area contributed by atoms with Crippen molar-refractivity contribution in [2.75, 3.05) is 25.1 Å². The van der Waals surface area contributed by atoms with Crippen molar-refractivity contribution in [3.05, 3.63) is 28.3 Å². The van der Waals surface area contributed by atoms with Crippen LogP contribution in [0, 0.1) is 10.1 Å². The molecule has 0 bridgehead atoms. The molecule has 0 fully saturated rings. The minimum absolute atomic E-state index is 0.0266. The lowest BCUT2D eigenvalue weighted by Crippen LogP contribution is -2.03. The molecule has 2 N–H and O–H groups in total. The SMILES string of the molecule is CCOc1cc(NCCCCCCO)cc([N+](=O)[O-])c1. The Hall–Kier alpha value is -1.82. The zero-order chi connectivity index (χ0) is 14.8. The molecule has 6 heteroatoms. The summed E-state index contributed by atoms with van der Waals surface area (Å²) in [5.74, 6) is 0.504. The maximum atomic E-state index is 10.9. The van der Waals surface area contributed by atoms with Crippen LogP contribution in [0.1, 0.15) is 32.6 Å². The molecule has 0 aliphatic carbocycles. The first-order valence-electron chi connectivity index (χ1n) is 6.94. The van der Waals surface area contributed by atoms with E-state index in [1.807, 2.05) is 6.92 Å². The molecule has 0 aliphatic heterocycles. The molecule has 0 amide bonds. The second-order valence-electron chi connectivity index (χ2n) is 4.47. The molecule has 0 spiro atoms. The quantitative estimate of drug-likeness (QED) is 0.391. The number of aliphatic hydroxyl groups is 1. The van der Waals surface area contributed by atoms with Crippen LogP contribution in [0.3, 0.4) is 0 Å². The van der Waals surface area contributed by atoms with Crippen LogP contribution in [0.25, 0.3) is 0 Å². The summed E-state index contributed by atoms with van der Waals surface area (Å²) in [6, 6.07) is 4.70. The van der Waals surface area contributed by atoms with Crippen molar-refractivity contribution in [2.24, 2.45) is 0 Å². The summed E-state index contributed by atoms with van der Waals surface area (Å²) in [4.78, 5) is 10.4. The number of aliphatic hydroxyl groups excluding tert-OH is 1. The smallest absolute Gasteiger partial charge is 0.275 e. The monoisotopic (exact) mass is 282 g/mol. The number of rotatable bonds is 10. The lowest BCUT2D eigenvalue weighted by atomic mass is 10.2. The summed E-state index contributed by atoms with van der Waals surface area (Å²) in [7, 11) is 0. The lowest BCUT2D eigenvalue weighted by molar-refractivity contribution is -0.384. The van der Waals surface area contributed by atoms with Crippen molar-refractivity contribution in [1.82, 2.24) is 0 Å². The van der Waals surface area contributed by atoms with Gasteiger partial charge in [0.1, 0.15) is 5.75 Å². The number of nitrogens with one attached hydrogen (secondary N) is 1. The predicted octanol–water partition coefficient (Wildman–Crippen LogP) is 2.96. The van der Waals surface area contributed by atoms with Crippen LogP contribution in [0.4, 0.5) is 11.4 Å². The second kappa shape index (κ2) is 9.14. The third kappa shape index (κ3) is 5.88. The van der Waals surface area contributed by atoms with E-state index in [1.54, 1.807) is 6.07 Å². The van der Waals surface area contributed by atoms with Crippen LogP contribution in [-0.4, -0.2) is 29.8 Å². The largest absolute Gasteiger partial charge is 0.494 e. The molecule has 1 aromatic rings. The van der Waals surface area contributed by atoms with Gasteiger partial charge in [-0.2, -0.15) is 0 Å². The van der Waals surface area contributed by atoms with E-state index in [0.717, 1.165) is 32.2 Å². The Balaban J connectivity index is 2.53. The molecule has 0 heterocycles. The number of anilines is 1. The van der Waals surface area contributed by atoms with E-state index in [0.29, 0.717) is 18.0 Å². The highest BCUT2D eigenvalue weighted by atomic mass is 16.6. The Morgan fingerprint density at radius 1 is 1.25 bits per heavy atom. The number of hydrogen-bond acceptors (Lipinski definition) is 5. The lowest BCUT2D eigenvalue weighted by Gasteiger charge is -2.09. The highest BCUT2D eigenvalue weighted by Gasteiger charge is 2.10. The van der Waals surface area contributed by atoms with Crippen molar-refractivity contribution in [2.45, 2.75) is 32.6 Å². The molecule has 0 saturated carbocycles. The van der Waals surface area contributed by atoms with Gasteiger partial charge in [0.2, 0.25) is 0 Å².